The number of benzene rings is 5. The van der Waals surface area contributed by atoms with Crippen molar-refractivity contribution >= 4 is 72.4 Å². The minimum atomic E-state index is -0.394. The average Bonchev–Trinajstić information content (AvgIpc) is 3.36. The third-order valence-corrected chi connectivity index (χ3v) is 8.54. The van der Waals surface area contributed by atoms with Crippen LogP contribution in [0.1, 0.15) is 11.1 Å². The quantitative estimate of drug-likeness (QED) is 0.0673. The van der Waals surface area contributed by atoms with Gasteiger partial charge in [-0.1, -0.05) is 60.3 Å². The summed E-state index contributed by atoms with van der Waals surface area (Å²) in [5, 5.41) is 15.9. The van der Waals surface area contributed by atoms with E-state index >= 15 is 0 Å². The average molecular weight is 536 g/mol. The number of thiazole rings is 1. The van der Waals surface area contributed by atoms with Crippen molar-refractivity contribution in [2.75, 3.05) is 7.11 Å². The molecule has 6 nitrogen and oxygen atoms in total. The third-order valence-electron chi connectivity index (χ3n) is 6.33. The van der Waals surface area contributed by atoms with E-state index in [4.69, 9.17) is 14.7 Å². The molecule has 6 rings (SSSR count). The van der Waals surface area contributed by atoms with Crippen LogP contribution in [0.4, 0.5) is 11.4 Å². The fourth-order valence-corrected chi connectivity index (χ4v) is 6.57. The molecule has 0 N–H and O–H groups in total. The van der Waals surface area contributed by atoms with E-state index in [-0.39, 0.29) is 5.69 Å². The van der Waals surface area contributed by atoms with Crippen LogP contribution in [0.3, 0.4) is 0 Å². The number of fused-ring (bicyclic) bond motifs is 3. The molecule has 0 atom stereocenters. The number of rotatable bonds is 7. The number of thioether (sulfide) groups is 1. The maximum atomic E-state index is 11.2. The Morgan fingerprint density at radius 3 is 2.42 bits per heavy atom. The fourth-order valence-electron chi connectivity index (χ4n) is 4.49. The van der Waals surface area contributed by atoms with E-state index in [0.717, 1.165) is 31.4 Å². The summed E-state index contributed by atoms with van der Waals surface area (Å²) in [5.41, 5.74) is 3.67. The maximum absolute atomic E-state index is 11.2. The number of nitro groups is 1. The summed E-state index contributed by atoms with van der Waals surface area (Å²) >= 11 is 3.12. The number of hydrogen-bond donors (Lipinski definition) is 0. The van der Waals surface area contributed by atoms with Gasteiger partial charge >= 0.3 is 0 Å². The van der Waals surface area contributed by atoms with Gasteiger partial charge in [0.2, 0.25) is 0 Å². The minimum absolute atomic E-state index is 0.0483. The molecule has 1 aromatic heterocycles. The van der Waals surface area contributed by atoms with Gasteiger partial charge in [0.05, 0.1) is 27.9 Å². The van der Waals surface area contributed by atoms with E-state index < -0.39 is 4.92 Å². The van der Waals surface area contributed by atoms with E-state index in [1.807, 2.05) is 18.3 Å². The number of non-ortho nitro benzene ring substituents is 1. The molecule has 0 radical (unpaired) electrons. The van der Waals surface area contributed by atoms with Gasteiger partial charge in [-0.15, -0.1) is 11.3 Å². The van der Waals surface area contributed by atoms with Crippen molar-refractivity contribution in [1.82, 2.24) is 4.98 Å². The van der Waals surface area contributed by atoms with Crippen molar-refractivity contribution in [2.24, 2.45) is 4.99 Å². The summed E-state index contributed by atoms with van der Waals surface area (Å²) in [6.45, 7) is 0. The van der Waals surface area contributed by atoms with Crippen LogP contribution in [0.2, 0.25) is 0 Å². The van der Waals surface area contributed by atoms with Crippen LogP contribution < -0.4 is 4.74 Å². The first-order valence-electron chi connectivity index (χ1n) is 11.9. The second kappa shape index (κ2) is 10.2. The van der Waals surface area contributed by atoms with E-state index in [1.54, 1.807) is 30.6 Å². The molecule has 1 heterocycles. The Labute approximate surface area is 226 Å². The first-order valence-corrected chi connectivity index (χ1v) is 13.7. The first-order chi connectivity index (χ1) is 18.6. The van der Waals surface area contributed by atoms with Crippen molar-refractivity contribution in [3.05, 3.63) is 112 Å². The van der Waals surface area contributed by atoms with Crippen LogP contribution >= 0.6 is 23.1 Å². The maximum Gasteiger partial charge on any atom is 0.270 e. The molecule has 0 aliphatic rings. The van der Waals surface area contributed by atoms with Crippen molar-refractivity contribution in [2.45, 2.75) is 10.1 Å². The highest BCUT2D eigenvalue weighted by atomic mass is 32.2. The standard InChI is InChI=1S/C30H21N3O3S2/c1-36-28-13-11-23(33(34)35)15-21(28)18-37-30-32-27-12-10-22(16-29(27)38-30)31-17-26-24-8-4-2-6-19(24)14-20-7-3-5-9-25(20)26/h2-17H,18H2,1H3. The lowest BCUT2D eigenvalue weighted by Crippen LogP contribution is -1.94. The van der Waals surface area contributed by atoms with Gasteiger partial charge in [-0.2, -0.15) is 0 Å². The van der Waals surface area contributed by atoms with E-state index in [2.05, 4.69) is 60.7 Å². The van der Waals surface area contributed by atoms with Crippen molar-refractivity contribution in [1.29, 1.82) is 0 Å². The summed E-state index contributed by atoms with van der Waals surface area (Å²) < 4.78 is 7.31. The van der Waals surface area contributed by atoms with Crippen LogP contribution in [0.15, 0.2) is 100 Å². The highest BCUT2D eigenvalue weighted by Gasteiger charge is 2.13. The molecule has 0 fully saturated rings. The molecule has 8 heteroatoms. The molecule has 6 aromatic rings. The van der Waals surface area contributed by atoms with Gasteiger partial charge in [0, 0.05) is 35.2 Å². The van der Waals surface area contributed by atoms with Crippen molar-refractivity contribution in [3.63, 3.8) is 0 Å². The number of aromatic nitrogens is 1. The minimum Gasteiger partial charge on any atom is -0.496 e. The molecule has 0 aliphatic heterocycles. The zero-order valence-corrected chi connectivity index (χ0v) is 22.0. The van der Waals surface area contributed by atoms with Gasteiger partial charge in [0.15, 0.2) is 4.34 Å². The highest BCUT2D eigenvalue weighted by Crippen LogP contribution is 2.36. The first kappa shape index (κ1) is 24.1. The van der Waals surface area contributed by atoms with E-state index in [9.17, 15) is 10.1 Å². The Morgan fingerprint density at radius 1 is 0.974 bits per heavy atom. The van der Waals surface area contributed by atoms with Gasteiger partial charge in [-0.25, -0.2) is 4.98 Å². The zero-order valence-electron chi connectivity index (χ0n) is 20.3. The normalized spacial score (nSPS) is 11.6. The van der Waals surface area contributed by atoms with Crippen molar-refractivity contribution in [3.8, 4) is 5.75 Å². The third kappa shape index (κ3) is 4.71. The lowest BCUT2D eigenvalue weighted by Gasteiger charge is -2.07. The molecule has 0 saturated heterocycles. The second-order valence-electron chi connectivity index (χ2n) is 8.66. The molecular weight excluding hydrogens is 514 g/mol. The molecule has 0 amide bonds. The lowest BCUT2D eigenvalue weighted by molar-refractivity contribution is -0.384. The zero-order chi connectivity index (χ0) is 26.1. The van der Waals surface area contributed by atoms with Crippen LogP contribution in [-0.4, -0.2) is 23.2 Å². The SMILES string of the molecule is COc1ccc([N+](=O)[O-])cc1CSc1nc2ccc(N=Cc3c4ccccc4cc4ccccc34)cc2s1. The highest BCUT2D eigenvalue weighted by molar-refractivity contribution is 8.00. The van der Waals surface area contributed by atoms with Gasteiger partial charge in [0.1, 0.15) is 5.75 Å². The largest absolute Gasteiger partial charge is 0.496 e. The predicted molar refractivity (Wildman–Crippen MR) is 158 cm³/mol. The van der Waals surface area contributed by atoms with Gasteiger partial charge in [-0.3, -0.25) is 15.1 Å². The molecule has 38 heavy (non-hydrogen) atoms. The Kier molecular flexibility index (Phi) is 6.49. The molecule has 0 saturated carbocycles. The summed E-state index contributed by atoms with van der Waals surface area (Å²) in [5.74, 6) is 1.14. The Balaban J connectivity index is 1.28. The predicted octanol–water partition coefficient (Wildman–Crippen LogP) is 8.56. The Morgan fingerprint density at radius 2 is 1.71 bits per heavy atom. The number of methoxy groups -OCH3 is 1. The number of hydrogen-bond acceptors (Lipinski definition) is 7. The van der Waals surface area contributed by atoms with E-state index in [0.29, 0.717) is 11.5 Å². The summed E-state index contributed by atoms with van der Waals surface area (Å²) in [6, 6.07) is 29.6. The van der Waals surface area contributed by atoms with Crippen LogP contribution in [0.25, 0.3) is 31.8 Å². The number of nitro benzene ring substituents is 1. The lowest BCUT2D eigenvalue weighted by atomic mass is 9.97. The summed E-state index contributed by atoms with van der Waals surface area (Å²) in [4.78, 5) is 20.4. The number of aliphatic imine (C=N–C) groups is 1. The second-order valence-corrected chi connectivity index (χ2v) is 10.9. The Bertz CT molecular complexity index is 1810. The molecule has 0 aliphatic carbocycles. The van der Waals surface area contributed by atoms with Crippen molar-refractivity contribution < 1.29 is 9.66 Å². The van der Waals surface area contributed by atoms with Gasteiger partial charge < -0.3 is 4.74 Å². The summed E-state index contributed by atoms with van der Waals surface area (Å²) in [6.07, 6.45) is 1.96. The van der Waals surface area contributed by atoms with Crippen LogP contribution in [0.5, 0.6) is 5.75 Å². The monoisotopic (exact) mass is 535 g/mol. The van der Waals surface area contributed by atoms with Gasteiger partial charge in [0.25, 0.3) is 5.69 Å². The van der Waals surface area contributed by atoms with Crippen LogP contribution in [0, 0.1) is 10.1 Å². The van der Waals surface area contributed by atoms with Gasteiger partial charge in [-0.05, 0) is 51.9 Å². The molecular formula is C30H21N3O3S2. The number of ether oxygens (including phenoxy) is 1. The molecule has 186 valence electrons. The van der Waals surface area contributed by atoms with Crippen LogP contribution in [-0.2, 0) is 5.75 Å². The molecule has 0 unspecified atom stereocenters. The summed E-state index contributed by atoms with van der Waals surface area (Å²) in [7, 11) is 1.57. The fraction of sp³-hybridized carbons (Fsp3) is 0.0667. The molecule has 5 aromatic carbocycles. The smallest absolute Gasteiger partial charge is 0.270 e. The topological polar surface area (TPSA) is 77.6 Å². The molecule has 0 bridgehead atoms. The van der Waals surface area contributed by atoms with E-state index in [1.165, 1.54) is 39.4 Å². The molecule has 0 spiro atoms. The Hall–Kier alpha value is -4.27. The number of nitrogens with zero attached hydrogens (tertiary/aromatic N) is 3.